The molecule has 0 amide bonds. The molecule has 0 fully saturated rings. The number of carbonyl (C=O) groups is 2. The Kier molecular flexibility index (Phi) is 7.47. The highest BCUT2D eigenvalue weighted by Gasteiger charge is 2.37. The highest BCUT2D eigenvalue weighted by Crippen LogP contribution is 2.28. The highest BCUT2D eigenvalue weighted by molar-refractivity contribution is 7.89. The number of ether oxygens (including phenoxy) is 2. The molecular weight excluding hydrogens is 478 g/mol. The molecule has 0 spiro atoms. The maximum absolute atomic E-state index is 13.6. The Labute approximate surface area is 209 Å². The molecule has 0 saturated heterocycles. The fourth-order valence-corrected chi connectivity index (χ4v) is 5.07. The van der Waals surface area contributed by atoms with E-state index in [0.717, 1.165) is 23.4 Å². The van der Waals surface area contributed by atoms with Gasteiger partial charge in [0.25, 0.3) is 0 Å². The van der Waals surface area contributed by atoms with Crippen LogP contribution in [-0.4, -0.2) is 33.6 Å². The second-order valence-corrected chi connectivity index (χ2v) is 9.96. The molecule has 0 radical (unpaired) electrons. The van der Waals surface area contributed by atoms with Crippen molar-refractivity contribution in [3.63, 3.8) is 0 Å². The average molecular weight is 504 g/mol. The molecule has 0 bridgehead atoms. The molecule has 184 valence electrons. The quantitative estimate of drug-likeness (QED) is 0.262. The fraction of sp³-hybridized carbons (Fsp3) is 0.143. The predicted molar refractivity (Wildman–Crippen MR) is 136 cm³/mol. The minimum atomic E-state index is -4.12. The van der Waals surface area contributed by atoms with Crippen LogP contribution in [0.25, 0.3) is 10.8 Å². The van der Waals surface area contributed by atoms with Crippen LogP contribution in [0.5, 0.6) is 0 Å². The van der Waals surface area contributed by atoms with Crippen molar-refractivity contribution in [1.82, 2.24) is 4.72 Å². The zero-order valence-corrected chi connectivity index (χ0v) is 20.6. The summed E-state index contributed by atoms with van der Waals surface area (Å²) in [7, 11) is -3.00. The van der Waals surface area contributed by atoms with E-state index >= 15 is 0 Å². The largest absolute Gasteiger partial charge is 0.508 e. The van der Waals surface area contributed by atoms with Gasteiger partial charge in [0.2, 0.25) is 15.8 Å². The molecule has 0 aromatic heterocycles. The molecular formula is C28H25NO6S. The van der Waals surface area contributed by atoms with Crippen molar-refractivity contribution in [2.75, 3.05) is 7.11 Å². The maximum atomic E-state index is 13.6. The van der Waals surface area contributed by atoms with E-state index < -0.39 is 34.1 Å². The number of carbonyl (C=O) groups excluding carboxylic acids is 2. The van der Waals surface area contributed by atoms with Gasteiger partial charge in [-0.3, -0.25) is 4.79 Å². The number of benzene rings is 4. The number of methoxy groups -OCH3 is 1. The van der Waals surface area contributed by atoms with Gasteiger partial charge >= 0.3 is 6.16 Å². The first kappa shape index (κ1) is 25.1. The van der Waals surface area contributed by atoms with E-state index in [0.29, 0.717) is 5.56 Å². The summed E-state index contributed by atoms with van der Waals surface area (Å²) >= 11 is 0. The molecule has 0 aliphatic heterocycles. The number of fused-ring (bicyclic) bond motifs is 1. The predicted octanol–water partition coefficient (Wildman–Crippen LogP) is 5.20. The third-order valence-electron chi connectivity index (χ3n) is 5.76. The van der Waals surface area contributed by atoms with Gasteiger partial charge in [0.1, 0.15) is 0 Å². The van der Waals surface area contributed by atoms with Crippen LogP contribution >= 0.6 is 0 Å². The number of nitrogens with one attached hydrogen (secondary N) is 1. The zero-order chi connectivity index (χ0) is 25.7. The van der Waals surface area contributed by atoms with Crippen LogP contribution in [0.3, 0.4) is 0 Å². The molecule has 4 aromatic rings. The Morgan fingerprint density at radius 2 is 1.44 bits per heavy atom. The molecule has 0 aliphatic rings. The van der Waals surface area contributed by atoms with Gasteiger partial charge in [0.15, 0.2) is 6.10 Å². The van der Waals surface area contributed by atoms with Gasteiger partial charge in [0, 0.05) is 5.56 Å². The number of rotatable bonds is 8. The first-order valence-corrected chi connectivity index (χ1v) is 12.7. The van der Waals surface area contributed by atoms with Crippen molar-refractivity contribution in [2.45, 2.75) is 24.0 Å². The topological polar surface area (TPSA) is 98.8 Å². The summed E-state index contributed by atoms with van der Waals surface area (Å²) in [6.45, 7) is 1.85. The molecule has 1 N–H and O–H groups in total. The Morgan fingerprint density at radius 3 is 2.11 bits per heavy atom. The van der Waals surface area contributed by atoms with E-state index in [1.807, 2.05) is 37.3 Å². The van der Waals surface area contributed by atoms with E-state index in [4.69, 9.17) is 4.74 Å². The minimum Gasteiger partial charge on any atom is -0.438 e. The number of hydrogen-bond acceptors (Lipinski definition) is 6. The van der Waals surface area contributed by atoms with Crippen LogP contribution in [0.2, 0.25) is 0 Å². The fourth-order valence-electron chi connectivity index (χ4n) is 3.85. The van der Waals surface area contributed by atoms with Crippen molar-refractivity contribution in [3.05, 3.63) is 114 Å². The summed E-state index contributed by atoms with van der Waals surface area (Å²) in [6.07, 6.45) is -2.65. The molecule has 7 nitrogen and oxygen atoms in total. The van der Waals surface area contributed by atoms with E-state index in [1.165, 1.54) is 12.1 Å². The lowest BCUT2D eigenvalue weighted by Gasteiger charge is -2.27. The third kappa shape index (κ3) is 5.62. The molecule has 4 rings (SSSR count). The smallest absolute Gasteiger partial charge is 0.438 e. The second kappa shape index (κ2) is 10.7. The Hall–Kier alpha value is -4.01. The summed E-state index contributed by atoms with van der Waals surface area (Å²) in [5.74, 6) is -0.578. The van der Waals surface area contributed by atoms with Crippen molar-refractivity contribution in [3.8, 4) is 0 Å². The lowest BCUT2D eigenvalue weighted by Crippen LogP contribution is -2.43. The Morgan fingerprint density at radius 1 is 0.806 bits per heavy atom. The van der Waals surface area contributed by atoms with Gasteiger partial charge in [0.05, 0.1) is 18.0 Å². The molecule has 0 unspecified atom stereocenters. The molecule has 0 aliphatic carbocycles. The van der Waals surface area contributed by atoms with Crippen molar-refractivity contribution in [2.24, 2.45) is 0 Å². The number of aryl methyl sites for hydroxylation is 1. The van der Waals surface area contributed by atoms with Crippen molar-refractivity contribution >= 4 is 32.7 Å². The van der Waals surface area contributed by atoms with Gasteiger partial charge in [-0.1, -0.05) is 84.4 Å². The lowest BCUT2D eigenvalue weighted by molar-refractivity contribution is 0.0237. The van der Waals surface area contributed by atoms with E-state index in [-0.39, 0.29) is 10.5 Å². The summed E-state index contributed by atoms with van der Waals surface area (Å²) in [5, 5.41) is 1.76. The molecule has 8 heteroatoms. The van der Waals surface area contributed by atoms with Crippen molar-refractivity contribution in [1.29, 1.82) is 0 Å². The molecule has 4 aromatic carbocycles. The summed E-state index contributed by atoms with van der Waals surface area (Å²) < 4.78 is 39.5. The first-order valence-electron chi connectivity index (χ1n) is 11.2. The van der Waals surface area contributed by atoms with Gasteiger partial charge < -0.3 is 9.47 Å². The number of ketones is 1. The van der Waals surface area contributed by atoms with E-state index in [2.05, 4.69) is 9.46 Å². The maximum Gasteiger partial charge on any atom is 0.508 e. The van der Waals surface area contributed by atoms with Crippen LogP contribution in [0.4, 0.5) is 4.79 Å². The van der Waals surface area contributed by atoms with Crippen molar-refractivity contribution < 1.29 is 27.5 Å². The summed E-state index contributed by atoms with van der Waals surface area (Å²) in [4.78, 5) is 25.8. The van der Waals surface area contributed by atoms with E-state index in [1.54, 1.807) is 54.6 Å². The lowest BCUT2D eigenvalue weighted by atomic mass is 9.94. The second-order valence-electron chi connectivity index (χ2n) is 8.24. The number of sulfonamides is 1. The van der Waals surface area contributed by atoms with E-state index in [9.17, 15) is 18.0 Å². The SMILES string of the molecule is COC(=O)O[C@H](C(=O)c1ccccc1)[C@@H](NS(=O)(=O)c1ccc(C)cc1)c1ccc2ccccc2c1. The van der Waals surface area contributed by atoms with Crippen LogP contribution in [-0.2, 0) is 19.5 Å². The average Bonchev–Trinajstić information content (AvgIpc) is 2.90. The minimum absolute atomic E-state index is 0.0165. The van der Waals surface area contributed by atoms with Gasteiger partial charge in [-0.05, 0) is 41.5 Å². The number of Topliss-reactive ketones (excluding diaryl/α,β-unsaturated/α-hetero) is 1. The Balaban J connectivity index is 1.85. The molecule has 36 heavy (non-hydrogen) atoms. The Bertz CT molecular complexity index is 1480. The molecule has 0 saturated carbocycles. The molecule has 2 atom stereocenters. The standard InChI is InChI=1S/C28H25NO6S/c1-19-12-16-24(17-13-19)36(32,33)29-25(23-15-14-20-8-6-7-11-22(20)18-23)27(35-28(31)34-2)26(30)21-9-4-3-5-10-21/h3-18,25,27,29H,1-2H3/t25-,27-/m0/s1. The summed E-state index contributed by atoms with van der Waals surface area (Å²) in [6, 6.07) is 26.1. The normalized spacial score (nSPS) is 13.1. The first-order chi connectivity index (χ1) is 17.3. The van der Waals surface area contributed by atoms with Crippen LogP contribution in [0.15, 0.2) is 102 Å². The van der Waals surface area contributed by atoms with Gasteiger partial charge in [-0.2, -0.15) is 4.72 Å². The van der Waals surface area contributed by atoms with Crippen LogP contribution in [0, 0.1) is 6.92 Å². The third-order valence-corrected chi connectivity index (χ3v) is 7.21. The van der Waals surface area contributed by atoms with Gasteiger partial charge in [-0.15, -0.1) is 0 Å². The van der Waals surface area contributed by atoms with Crippen LogP contribution in [0.1, 0.15) is 27.5 Å². The van der Waals surface area contributed by atoms with Gasteiger partial charge in [-0.25, -0.2) is 13.2 Å². The highest BCUT2D eigenvalue weighted by atomic mass is 32.2. The molecule has 0 heterocycles. The summed E-state index contributed by atoms with van der Waals surface area (Å²) in [5.41, 5.74) is 1.60. The number of hydrogen-bond donors (Lipinski definition) is 1. The monoisotopic (exact) mass is 503 g/mol. The van der Waals surface area contributed by atoms with Crippen LogP contribution < -0.4 is 4.72 Å². The zero-order valence-electron chi connectivity index (χ0n) is 19.8.